The highest BCUT2D eigenvalue weighted by molar-refractivity contribution is 14.1. The SMILES string of the molecule is Ic1ccccc1-c1cnn(CC2CCC2)c1. The van der Waals surface area contributed by atoms with Crippen LogP contribution < -0.4 is 0 Å². The third kappa shape index (κ3) is 2.39. The number of nitrogens with zero attached hydrogens (tertiary/aromatic N) is 2. The molecule has 3 heteroatoms. The predicted octanol–water partition coefficient (Wildman–Crippen LogP) is 3.95. The summed E-state index contributed by atoms with van der Waals surface area (Å²) in [6.07, 6.45) is 8.30. The molecule has 0 aliphatic heterocycles. The molecule has 2 aromatic rings. The Morgan fingerprint density at radius 2 is 2.12 bits per heavy atom. The van der Waals surface area contributed by atoms with Gasteiger partial charge in [-0.2, -0.15) is 5.10 Å². The van der Waals surface area contributed by atoms with Gasteiger partial charge in [0.2, 0.25) is 0 Å². The Hall–Kier alpha value is -0.840. The summed E-state index contributed by atoms with van der Waals surface area (Å²) in [6.45, 7) is 1.09. The number of halogens is 1. The second-order valence-corrected chi connectivity index (χ2v) is 5.89. The Morgan fingerprint density at radius 1 is 1.29 bits per heavy atom. The molecule has 2 nitrogen and oxygen atoms in total. The van der Waals surface area contributed by atoms with Crippen molar-refractivity contribution < 1.29 is 0 Å². The van der Waals surface area contributed by atoms with E-state index in [1.54, 1.807) is 0 Å². The highest BCUT2D eigenvalue weighted by Crippen LogP contribution is 2.29. The summed E-state index contributed by atoms with van der Waals surface area (Å²) in [5, 5.41) is 4.47. The molecule has 1 aromatic carbocycles. The van der Waals surface area contributed by atoms with Crippen molar-refractivity contribution in [3.63, 3.8) is 0 Å². The van der Waals surface area contributed by atoms with Gasteiger partial charge in [0.05, 0.1) is 6.20 Å². The van der Waals surface area contributed by atoms with Gasteiger partial charge in [-0.15, -0.1) is 0 Å². The van der Waals surface area contributed by atoms with Gasteiger partial charge in [0.1, 0.15) is 0 Å². The fourth-order valence-electron chi connectivity index (χ4n) is 2.24. The monoisotopic (exact) mass is 338 g/mol. The zero-order valence-electron chi connectivity index (χ0n) is 9.64. The fraction of sp³-hybridized carbons (Fsp3) is 0.357. The molecule has 1 saturated carbocycles. The maximum absolute atomic E-state index is 4.47. The molecule has 0 atom stereocenters. The van der Waals surface area contributed by atoms with Crippen LogP contribution in [0.5, 0.6) is 0 Å². The van der Waals surface area contributed by atoms with Crippen LogP contribution in [0.4, 0.5) is 0 Å². The van der Waals surface area contributed by atoms with Gasteiger partial charge in [0, 0.05) is 21.9 Å². The highest BCUT2D eigenvalue weighted by atomic mass is 127. The van der Waals surface area contributed by atoms with Crippen LogP contribution in [0.3, 0.4) is 0 Å². The zero-order valence-corrected chi connectivity index (χ0v) is 11.8. The molecule has 0 saturated heterocycles. The van der Waals surface area contributed by atoms with E-state index in [9.17, 15) is 0 Å². The Kier molecular flexibility index (Phi) is 3.18. The van der Waals surface area contributed by atoms with Gasteiger partial charge in [-0.3, -0.25) is 4.68 Å². The Morgan fingerprint density at radius 3 is 2.82 bits per heavy atom. The normalized spacial score (nSPS) is 15.8. The lowest BCUT2D eigenvalue weighted by molar-refractivity contribution is 0.266. The first kappa shape index (κ1) is 11.3. The lowest BCUT2D eigenvalue weighted by Gasteiger charge is -2.24. The molecular weight excluding hydrogens is 323 g/mol. The molecule has 88 valence electrons. The second kappa shape index (κ2) is 4.80. The molecule has 1 aliphatic carbocycles. The lowest BCUT2D eigenvalue weighted by Crippen LogP contribution is -2.18. The topological polar surface area (TPSA) is 17.8 Å². The van der Waals surface area contributed by atoms with E-state index >= 15 is 0 Å². The third-order valence-corrected chi connectivity index (χ3v) is 4.43. The smallest absolute Gasteiger partial charge is 0.0568 e. The number of aromatic nitrogens is 2. The average Bonchev–Trinajstić information content (AvgIpc) is 2.73. The summed E-state index contributed by atoms with van der Waals surface area (Å²) in [6, 6.07) is 8.45. The number of rotatable bonds is 3. The number of benzene rings is 1. The maximum Gasteiger partial charge on any atom is 0.0568 e. The van der Waals surface area contributed by atoms with Gasteiger partial charge in [0.15, 0.2) is 0 Å². The van der Waals surface area contributed by atoms with E-state index in [-0.39, 0.29) is 0 Å². The quantitative estimate of drug-likeness (QED) is 0.775. The van der Waals surface area contributed by atoms with E-state index in [0.717, 1.165) is 12.5 Å². The Bertz CT molecular complexity index is 514. The minimum absolute atomic E-state index is 0.859. The summed E-state index contributed by atoms with van der Waals surface area (Å²) in [7, 11) is 0. The van der Waals surface area contributed by atoms with Gasteiger partial charge in [-0.25, -0.2) is 0 Å². The van der Waals surface area contributed by atoms with Crippen LogP contribution in [0.2, 0.25) is 0 Å². The Labute approximate surface area is 115 Å². The molecule has 0 spiro atoms. The average molecular weight is 338 g/mol. The van der Waals surface area contributed by atoms with Crippen LogP contribution in [-0.2, 0) is 6.54 Å². The van der Waals surface area contributed by atoms with Crippen molar-refractivity contribution in [1.29, 1.82) is 0 Å². The summed E-state index contributed by atoms with van der Waals surface area (Å²) in [4.78, 5) is 0. The van der Waals surface area contributed by atoms with Gasteiger partial charge in [-0.1, -0.05) is 24.6 Å². The predicted molar refractivity (Wildman–Crippen MR) is 77.7 cm³/mol. The summed E-state index contributed by atoms with van der Waals surface area (Å²) < 4.78 is 3.38. The lowest BCUT2D eigenvalue weighted by atomic mass is 9.85. The van der Waals surface area contributed by atoms with Crippen LogP contribution in [-0.4, -0.2) is 9.78 Å². The van der Waals surface area contributed by atoms with Crippen LogP contribution >= 0.6 is 22.6 Å². The van der Waals surface area contributed by atoms with E-state index in [1.165, 1.54) is 34.0 Å². The van der Waals surface area contributed by atoms with E-state index in [1.807, 2.05) is 6.20 Å². The molecule has 1 fully saturated rings. The van der Waals surface area contributed by atoms with Crippen LogP contribution in [0.1, 0.15) is 19.3 Å². The zero-order chi connectivity index (χ0) is 11.7. The first-order valence-electron chi connectivity index (χ1n) is 6.10. The van der Waals surface area contributed by atoms with Crippen molar-refractivity contribution >= 4 is 22.6 Å². The van der Waals surface area contributed by atoms with E-state index in [2.05, 4.69) is 62.8 Å². The molecule has 1 aliphatic rings. The first-order valence-corrected chi connectivity index (χ1v) is 7.18. The molecule has 1 heterocycles. The Balaban J connectivity index is 1.82. The number of hydrogen-bond acceptors (Lipinski definition) is 1. The van der Waals surface area contributed by atoms with Gasteiger partial charge in [0.25, 0.3) is 0 Å². The fourth-order valence-corrected chi connectivity index (χ4v) is 2.94. The van der Waals surface area contributed by atoms with Gasteiger partial charge in [-0.05, 0) is 53.0 Å². The molecule has 0 N–H and O–H groups in total. The molecule has 0 amide bonds. The minimum Gasteiger partial charge on any atom is -0.272 e. The number of hydrogen-bond donors (Lipinski definition) is 0. The summed E-state index contributed by atoms with van der Waals surface area (Å²) in [5.74, 6) is 0.859. The van der Waals surface area contributed by atoms with Crippen LogP contribution in [0.25, 0.3) is 11.1 Å². The van der Waals surface area contributed by atoms with E-state index in [4.69, 9.17) is 0 Å². The first-order chi connectivity index (χ1) is 8.33. The van der Waals surface area contributed by atoms with Crippen LogP contribution in [0, 0.1) is 9.49 Å². The summed E-state index contributed by atoms with van der Waals surface area (Å²) >= 11 is 2.38. The highest BCUT2D eigenvalue weighted by Gasteiger charge is 2.18. The third-order valence-electron chi connectivity index (χ3n) is 3.49. The largest absolute Gasteiger partial charge is 0.272 e. The van der Waals surface area contributed by atoms with Crippen molar-refractivity contribution in [2.24, 2.45) is 5.92 Å². The molecular formula is C14H15IN2. The van der Waals surface area contributed by atoms with Gasteiger partial charge >= 0.3 is 0 Å². The molecule has 0 unspecified atom stereocenters. The van der Waals surface area contributed by atoms with Crippen molar-refractivity contribution in [3.8, 4) is 11.1 Å². The molecule has 0 bridgehead atoms. The molecule has 17 heavy (non-hydrogen) atoms. The standard InChI is InChI=1S/C14H15IN2/c15-14-7-2-1-6-13(14)12-8-16-17(10-12)9-11-4-3-5-11/h1-2,6-8,10-11H,3-5,9H2. The van der Waals surface area contributed by atoms with Crippen molar-refractivity contribution in [2.45, 2.75) is 25.8 Å². The maximum atomic E-state index is 4.47. The van der Waals surface area contributed by atoms with E-state index < -0.39 is 0 Å². The van der Waals surface area contributed by atoms with Crippen LogP contribution in [0.15, 0.2) is 36.7 Å². The van der Waals surface area contributed by atoms with Crippen molar-refractivity contribution in [1.82, 2.24) is 9.78 Å². The van der Waals surface area contributed by atoms with Gasteiger partial charge < -0.3 is 0 Å². The molecule has 3 rings (SSSR count). The summed E-state index contributed by atoms with van der Waals surface area (Å²) in [5.41, 5.74) is 2.52. The molecule has 1 aromatic heterocycles. The molecule has 0 radical (unpaired) electrons. The minimum atomic E-state index is 0.859. The van der Waals surface area contributed by atoms with Crippen molar-refractivity contribution in [2.75, 3.05) is 0 Å². The second-order valence-electron chi connectivity index (χ2n) is 4.73. The van der Waals surface area contributed by atoms with E-state index in [0.29, 0.717) is 0 Å². The van der Waals surface area contributed by atoms with Crippen molar-refractivity contribution in [3.05, 3.63) is 40.2 Å².